The number of hydrogen-bond donors (Lipinski definition) is 1. The summed E-state index contributed by atoms with van der Waals surface area (Å²) in [5.74, 6) is -0.156. The lowest BCUT2D eigenvalue weighted by atomic mass is 10.2. The van der Waals surface area contributed by atoms with E-state index in [2.05, 4.69) is 10.3 Å². The van der Waals surface area contributed by atoms with E-state index in [4.69, 9.17) is 27.9 Å². The first kappa shape index (κ1) is 11.6. The van der Waals surface area contributed by atoms with Crippen LogP contribution in [0.2, 0.25) is 10.2 Å². The number of halogens is 2. The standard InChI is InChI=1S/C10H10Cl2N2O2/c11-6-3-4-8(14-9(6)12)16-10(15)7-2-1-5-13-7/h3-4,7,13H,1-2,5H2/t7-/m0/s1. The van der Waals surface area contributed by atoms with Crippen LogP contribution >= 0.6 is 23.2 Å². The molecule has 2 rings (SSSR count). The molecule has 6 heteroatoms. The Kier molecular flexibility index (Phi) is 3.63. The highest BCUT2D eigenvalue weighted by Gasteiger charge is 2.24. The summed E-state index contributed by atoms with van der Waals surface area (Å²) >= 11 is 11.4. The van der Waals surface area contributed by atoms with Gasteiger partial charge in [0.1, 0.15) is 6.04 Å². The first-order valence-corrected chi connectivity index (χ1v) is 5.69. The number of aromatic nitrogens is 1. The molecule has 1 saturated heterocycles. The molecule has 1 aliphatic rings. The molecule has 0 unspecified atom stereocenters. The Labute approximate surface area is 103 Å². The second kappa shape index (κ2) is 4.99. The van der Waals surface area contributed by atoms with Gasteiger partial charge in [-0.05, 0) is 25.5 Å². The molecule has 0 radical (unpaired) electrons. The van der Waals surface area contributed by atoms with Crippen LogP contribution in [0.1, 0.15) is 12.8 Å². The topological polar surface area (TPSA) is 51.2 Å². The Morgan fingerprint density at radius 3 is 2.94 bits per heavy atom. The number of carbonyl (C=O) groups excluding carboxylic acids is 1. The van der Waals surface area contributed by atoms with E-state index < -0.39 is 0 Å². The molecule has 0 amide bonds. The maximum absolute atomic E-state index is 11.6. The molecule has 16 heavy (non-hydrogen) atoms. The van der Waals surface area contributed by atoms with Crippen LogP contribution in [0.25, 0.3) is 0 Å². The third kappa shape index (κ3) is 2.64. The first-order chi connectivity index (χ1) is 7.66. The quantitative estimate of drug-likeness (QED) is 0.653. The zero-order valence-corrected chi connectivity index (χ0v) is 9.88. The van der Waals surface area contributed by atoms with Gasteiger partial charge in [0.2, 0.25) is 5.88 Å². The molecule has 0 spiro atoms. The van der Waals surface area contributed by atoms with Crippen LogP contribution in [0.15, 0.2) is 12.1 Å². The van der Waals surface area contributed by atoms with Crippen molar-refractivity contribution >= 4 is 29.2 Å². The van der Waals surface area contributed by atoms with Gasteiger partial charge < -0.3 is 10.1 Å². The number of hydrogen-bond acceptors (Lipinski definition) is 4. The molecule has 0 saturated carbocycles. The molecule has 4 nitrogen and oxygen atoms in total. The van der Waals surface area contributed by atoms with Crippen molar-refractivity contribution in [3.8, 4) is 5.88 Å². The van der Waals surface area contributed by atoms with Crippen LogP contribution < -0.4 is 10.1 Å². The summed E-state index contributed by atoms with van der Waals surface area (Å²) in [4.78, 5) is 15.5. The molecule has 1 N–H and O–H groups in total. The smallest absolute Gasteiger partial charge is 0.329 e. The largest absolute Gasteiger partial charge is 0.406 e. The number of ether oxygens (including phenoxy) is 1. The van der Waals surface area contributed by atoms with Gasteiger partial charge in [-0.1, -0.05) is 23.2 Å². The van der Waals surface area contributed by atoms with Gasteiger partial charge in [0, 0.05) is 6.07 Å². The number of carbonyl (C=O) groups is 1. The molecular weight excluding hydrogens is 251 g/mol. The summed E-state index contributed by atoms with van der Waals surface area (Å²) in [5.41, 5.74) is 0. The van der Waals surface area contributed by atoms with Crippen molar-refractivity contribution in [3.63, 3.8) is 0 Å². The third-order valence-electron chi connectivity index (χ3n) is 2.33. The minimum absolute atomic E-state index is 0.131. The normalized spacial score (nSPS) is 19.8. The van der Waals surface area contributed by atoms with Crippen LogP contribution in [-0.2, 0) is 4.79 Å². The van der Waals surface area contributed by atoms with E-state index in [1.807, 2.05) is 0 Å². The van der Waals surface area contributed by atoms with Crippen molar-refractivity contribution in [2.45, 2.75) is 18.9 Å². The molecule has 1 atom stereocenters. The summed E-state index contributed by atoms with van der Waals surface area (Å²) < 4.78 is 5.08. The zero-order chi connectivity index (χ0) is 11.5. The maximum Gasteiger partial charge on any atom is 0.329 e. The minimum atomic E-state index is -0.330. The summed E-state index contributed by atoms with van der Waals surface area (Å²) in [6.07, 6.45) is 1.77. The molecule has 86 valence electrons. The van der Waals surface area contributed by atoms with Crippen molar-refractivity contribution in [1.82, 2.24) is 10.3 Å². The lowest BCUT2D eigenvalue weighted by Gasteiger charge is -2.09. The van der Waals surface area contributed by atoms with Gasteiger partial charge in [0.15, 0.2) is 5.15 Å². The monoisotopic (exact) mass is 260 g/mol. The average Bonchev–Trinajstić information content (AvgIpc) is 2.77. The third-order valence-corrected chi connectivity index (χ3v) is 3.02. The lowest BCUT2D eigenvalue weighted by Crippen LogP contribution is -2.34. The minimum Gasteiger partial charge on any atom is -0.406 e. The van der Waals surface area contributed by atoms with Gasteiger partial charge in [-0.3, -0.25) is 0 Å². The average molecular weight is 261 g/mol. The van der Waals surface area contributed by atoms with Gasteiger partial charge in [-0.25, -0.2) is 4.79 Å². The molecular formula is C10H10Cl2N2O2. The Morgan fingerprint density at radius 1 is 1.50 bits per heavy atom. The second-order valence-electron chi connectivity index (χ2n) is 3.49. The number of nitrogens with zero attached hydrogens (tertiary/aromatic N) is 1. The van der Waals surface area contributed by atoms with Crippen LogP contribution in [0.4, 0.5) is 0 Å². The molecule has 0 bridgehead atoms. The molecule has 1 aromatic heterocycles. The molecule has 2 heterocycles. The summed E-state index contributed by atoms with van der Waals surface area (Å²) in [5, 5.41) is 3.51. The second-order valence-corrected chi connectivity index (χ2v) is 4.26. The fourth-order valence-electron chi connectivity index (χ4n) is 1.52. The highest BCUT2D eigenvalue weighted by Crippen LogP contribution is 2.22. The molecule has 0 aromatic carbocycles. The molecule has 1 aliphatic heterocycles. The summed E-state index contributed by atoms with van der Waals surface area (Å²) in [6, 6.07) is 2.82. The van der Waals surface area contributed by atoms with E-state index in [-0.39, 0.29) is 23.0 Å². The zero-order valence-electron chi connectivity index (χ0n) is 8.37. The SMILES string of the molecule is O=C(Oc1ccc(Cl)c(Cl)n1)[C@@H]1CCCN1. The van der Waals surface area contributed by atoms with Crippen molar-refractivity contribution in [1.29, 1.82) is 0 Å². The van der Waals surface area contributed by atoms with Crippen molar-refractivity contribution in [2.75, 3.05) is 6.54 Å². The summed E-state index contributed by atoms with van der Waals surface area (Å²) in [7, 11) is 0. The number of rotatable bonds is 2. The number of nitrogens with one attached hydrogen (secondary N) is 1. The molecule has 1 aromatic rings. The Bertz CT molecular complexity index is 406. The van der Waals surface area contributed by atoms with Crippen LogP contribution in [0.5, 0.6) is 5.88 Å². The van der Waals surface area contributed by atoms with Crippen LogP contribution in [0.3, 0.4) is 0 Å². The van der Waals surface area contributed by atoms with E-state index in [0.717, 1.165) is 19.4 Å². The van der Waals surface area contributed by atoms with Crippen LogP contribution in [-0.4, -0.2) is 23.5 Å². The Balaban J connectivity index is 2.02. The van der Waals surface area contributed by atoms with Gasteiger partial charge in [0.05, 0.1) is 5.02 Å². The van der Waals surface area contributed by atoms with E-state index in [1.165, 1.54) is 6.07 Å². The maximum atomic E-state index is 11.6. The highest BCUT2D eigenvalue weighted by atomic mass is 35.5. The molecule has 0 aliphatic carbocycles. The van der Waals surface area contributed by atoms with E-state index in [9.17, 15) is 4.79 Å². The van der Waals surface area contributed by atoms with Gasteiger partial charge >= 0.3 is 5.97 Å². The van der Waals surface area contributed by atoms with Gasteiger partial charge in [0.25, 0.3) is 0 Å². The number of pyridine rings is 1. The van der Waals surface area contributed by atoms with E-state index in [1.54, 1.807) is 6.07 Å². The first-order valence-electron chi connectivity index (χ1n) is 4.94. The van der Waals surface area contributed by atoms with Gasteiger partial charge in [-0.15, -0.1) is 0 Å². The van der Waals surface area contributed by atoms with Crippen molar-refractivity contribution in [2.24, 2.45) is 0 Å². The predicted molar refractivity (Wildman–Crippen MR) is 60.9 cm³/mol. The fraction of sp³-hybridized carbons (Fsp3) is 0.400. The Hall–Kier alpha value is -0.840. The van der Waals surface area contributed by atoms with E-state index >= 15 is 0 Å². The highest BCUT2D eigenvalue weighted by molar-refractivity contribution is 6.41. The Morgan fingerprint density at radius 2 is 2.31 bits per heavy atom. The lowest BCUT2D eigenvalue weighted by molar-refractivity contribution is -0.136. The summed E-state index contributed by atoms with van der Waals surface area (Å²) in [6.45, 7) is 0.842. The predicted octanol–water partition coefficient (Wildman–Crippen LogP) is 2.05. The van der Waals surface area contributed by atoms with Gasteiger partial charge in [-0.2, -0.15) is 4.98 Å². The van der Waals surface area contributed by atoms with Crippen LogP contribution in [0, 0.1) is 0 Å². The number of esters is 1. The van der Waals surface area contributed by atoms with E-state index in [0.29, 0.717) is 5.02 Å². The fourth-order valence-corrected chi connectivity index (χ4v) is 1.77. The van der Waals surface area contributed by atoms with Crippen molar-refractivity contribution < 1.29 is 9.53 Å². The van der Waals surface area contributed by atoms with Crippen molar-refractivity contribution in [3.05, 3.63) is 22.3 Å². The molecule has 1 fully saturated rings.